The standard InChI is InChI=1S/C23H25ClN2O/c24-18-10-8-17(9-11-18)20-16-23(20)19-6-2-3-7-21(19)26(22(23)27)15-14-25-12-4-1-5-13-25/h2-3,6-11,20H,1,4-5,12-16H2/t20-,23-/m0/s1. The van der Waals surface area contributed by atoms with Crippen molar-refractivity contribution in [1.29, 1.82) is 0 Å². The number of anilines is 1. The third-order valence-electron chi connectivity index (χ3n) is 6.62. The molecule has 2 heterocycles. The molecule has 1 saturated heterocycles. The molecule has 2 aromatic carbocycles. The zero-order valence-corrected chi connectivity index (χ0v) is 16.3. The lowest BCUT2D eigenvalue weighted by molar-refractivity contribution is -0.120. The number of amides is 1. The summed E-state index contributed by atoms with van der Waals surface area (Å²) in [7, 11) is 0. The molecule has 1 amide bonds. The smallest absolute Gasteiger partial charge is 0.238 e. The van der Waals surface area contributed by atoms with E-state index in [2.05, 4.69) is 46.2 Å². The summed E-state index contributed by atoms with van der Waals surface area (Å²) < 4.78 is 0. The van der Waals surface area contributed by atoms with Gasteiger partial charge in [-0.25, -0.2) is 0 Å². The Morgan fingerprint density at radius 3 is 2.48 bits per heavy atom. The number of hydrogen-bond donors (Lipinski definition) is 0. The number of halogens is 1. The number of carbonyl (C=O) groups excluding carboxylic acids is 1. The van der Waals surface area contributed by atoms with Crippen LogP contribution in [0, 0.1) is 0 Å². The quantitative estimate of drug-likeness (QED) is 0.774. The van der Waals surface area contributed by atoms with Crippen LogP contribution in [0.15, 0.2) is 48.5 Å². The SMILES string of the molecule is O=C1N(CCN2CCCCC2)c2ccccc2[C@]12C[C@H]2c1ccc(Cl)cc1. The Kier molecular flexibility index (Phi) is 4.25. The van der Waals surface area contributed by atoms with Crippen LogP contribution < -0.4 is 4.90 Å². The predicted molar refractivity (Wildman–Crippen MR) is 110 cm³/mol. The van der Waals surface area contributed by atoms with Crippen molar-refractivity contribution in [3.05, 3.63) is 64.7 Å². The van der Waals surface area contributed by atoms with Gasteiger partial charge < -0.3 is 9.80 Å². The highest BCUT2D eigenvalue weighted by Gasteiger charge is 2.66. The van der Waals surface area contributed by atoms with E-state index in [1.165, 1.54) is 43.5 Å². The van der Waals surface area contributed by atoms with Gasteiger partial charge in [0.2, 0.25) is 5.91 Å². The molecule has 2 atom stereocenters. The van der Waals surface area contributed by atoms with Gasteiger partial charge in [-0.15, -0.1) is 0 Å². The van der Waals surface area contributed by atoms with Crippen molar-refractivity contribution in [2.24, 2.45) is 0 Å². The fraction of sp³-hybridized carbons (Fsp3) is 0.435. The molecule has 3 nitrogen and oxygen atoms in total. The molecule has 2 aliphatic heterocycles. The highest BCUT2D eigenvalue weighted by molar-refractivity contribution is 6.30. The number of fused-ring (bicyclic) bond motifs is 2. The van der Waals surface area contributed by atoms with Gasteiger partial charge in [-0.2, -0.15) is 0 Å². The van der Waals surface area contributed by atoms with Gasteiger partial charge in [0.05, 0.1) is 5.41 Å². The third kappa shape index (κ3) is 2.79. The zero-order chi connectivity index (χ0) is 18.4. The van der Waals surface area contributed by atoms with Gasteiger partial charge in [0.15, 0.2) is 0 Å². The van der Waals surface area contributed by atoms with Gasteiger partial charge >= 0.3 is 0 Å². The molecule has 140 valence electrons. The van der Waals surface area contributed by atoms with Crippen LogP contribution in [0.2, 0.25) is 5.02 Å². The zero-order valence-electron chi connectivity index (χ0n) is 15.5. The fourth-order valence-corrected chi connectivity index (χ4v) is 5.22. The molecular weight excluding hydrogens is 356 g/mol. The first-order valence-corrected chi connectivity index (χ1v) is 10.5. The Balaban J connectivity index is 1.41. The molecule has 5 rings (SSSR count). The van der Waals surface area contributed by atoms with Crippen molar-refractivity contribution >= 4 is 23.2 Å². The van der Waals surface area contributed by atoms with E-state index in [9.17, 15) is 4.79 Å². The van der Waals surface area contributed by atoms with Crippen LogP contribution in [0.3, 0.4) is 0 Å². The van der Waals surface area contributed by atoms with Crippen LogP contribution in [-0.4, -0.2) is 37.0 Å². The summed E-state index contributed by atoms with van der Waals surface area (Å²) in [5.74, 6) is 0.559. The summed E-state index contributed by atoms with van der Waals surface area (Å²) in [5.41, 5.74) is 3.21. The molecule has 4 heteroatoms. The minimum atomic E-state index is -0.355. The minimum absolute atomic E-state index is 0.267. The van der Waals surface area contributed by atoms with Crippen LogP contribution in [0.5, 0.6) is 0 Å². The van der Waals surface area contributed by atoms with Gasteiger partial charge in [-0.1, -0.05) is 48.4 Å². The average molecular weight is 381 g/mol. The molecule has 0 aromatic heterocycles. The van der Waals surface area contributed by atoms with Crippen LogP contribution >= 0.6 is 11.6 Å². The largest absolute Gasteiger partial charge is 0.310 e. The second kappa shape index (κ2) is 6.65. The first-order chi connectivity index (χ1) is 13.2. The first-order valence-electron chi connectivity index (χ1n) is 10.1. The van der Waals surface area contributed by atoms with Gasteiger partial charge in [0.25, 0.3) is 0 Å². The van der Waals surface area contributed by atoms with E-state index in [4.69, 9.17) is 11.6 Å². The summed E-state index contributed by atoms with van der Waals surface area (Å²) in [6.07, 6.45) is 4.82. The molecule has 1 saturated carbocycles. The lowest BCUT2D eigenvalue weighted by atomic mass is 9.92. The molecule has 0 N–H and O–H groups in total. The molecule has 1 aliphatic carbocycles. The maximum Gasteiger partial charge on any atom is 0.238 e. The highest BCUT2D eigenvalue weighted by Crippen LogP contribution is 2.66. The number of nitrogens with zero attached hydrogens (tertiary/aromatic N) is 2. The van der Waals surface area contributed by atoms with E-state index in [0.29, 0.717) is 5.91 Å². The molecule has 2 fully saturated rings. The predicted octanol–water partition coefficient (Wildman–Crippen LogP) is 4.60. The Hall–Kier alpha value is -1.84. The van der Waals surface area contributed by atoms with Gasteiger partial charge in [0.1, 0.15) is 0 Å². The molecular formula is C23H25ClN2O. The van der Waals surface area contributed by atoms with Gasteiger partial charge in [-0.3, -0.25) is 4.79 Å². The molecule has 1 spiro atoms. The van der Waals surface area contributed by atoms with Crippen LogP contribution in [0.4, 0.5) is 5.69 Å². The number of piperidine rings is 1. The van der Waals surface area contributed by atoms with E-state index < -0.39 is 0 Å². The number of para-hydroxylation sites is 1. The van der Waals surface area contributed by atoms with E-state index in [1.807, 2.05) is 12.1 Å². The Morgan fingerprint density at radius 1 is 0.963 bits per heavy atom. The summed E-state index contributed by atoms with van der Waals surface area (Å²) in [6.45, 7) is 4.11. The van der Waals surface area contributed by atoms with Crippen molar-refractivity contribution in [2.75, 3.05) is 31.1 Å². The molecule has 2 aromatic rings. The summed E-state index contributed by atoms with van der Waals surface area (Å²) in [5, 5.41) is 0.745. The molecule has 0 radical (unpaired) electrons. The maximum atomic E-state index is 13.6. The topological polar surface area (TPSA) is 23.6 Å². The fourth-order valence-electron chi connectivity index (χ4n) is 5.09. The third-order valence-corrected chi connectivity index (χ3v) is 6.88. The monoisotopic (exact) mass is 380 g/mol. The van der Waals surface area contributed by atoms with Crippen molar-refractivity contribution < 1.29 is 4.79 Å². The number of rotatable bonds is 4. The van der Waals surface area contributed by atoms with Gasteiger partial charge in [-0.05, 0) is 61.7 Å². The van der Waals surface area contributed by atoms with E-state index in [0.717, 1.165) is 30.2 Å². The second-order valence-corrected chi connectivity index (χ2v) is 8.59. The van der Waals surface area contributed by atoms with Crippen LogP contribution in [0.25, 0.3) is 0 Å². The van der Waals surface area contributed by atoms with Crippen LogP contribution in [0.1, 0.15) is 42.7 Å². The number of carbonyl (C=O) groups is 1. The molecule has 3 aliphatic rings. The molecule has 0 bridgehead atoms. The minimum Gasteiger partial charge on any atom is -0.310 e. The Labute approximate surface area is 165 Å². The number of benzene rings is 2. The van der Waals surface area contributed by atoms with E-state index in [-0.39, 0.29) is 11.3 Å². The number of likely N-dealkylation sites (tertiary alicyclic amines) is 1. The van der Waals surface area contributed by atoms with Gasteiger partial charge in [0, 0.05) is 29.7 Å². The maximum absolute atomic E-state index is 13.6. The summed E-state index contributed by atoms with van der Waals surface area (Å²) in [4.78, 5) is 18.1. The van der Waals surface area contributed by atoms with E-state index >= 15 is 0 Å². The molecule has 0 unspecified atom stereocenters. The molecule has 27 heavy (non-hydrogen) atoms. The lowest BCUT2D eigenvalue weighted by Gasteiger charge is -2.28. The highest BCUT2D eigenvalue weighted by atomic mass is 35.5. The lowest BCUT2D eigenvalue weighted by Crippen LogP contribution is -2.41. The van der Waals surface area contributed by atoms with E-state index in [1.54, 1.807) is 0 Å². The Bertz CT molecular complexity index is 859. The number of hydrogen-bond acceptors (Lipinski definition) is 2. The van der Waals surface area contributed by atoms with Crippen LogP contribution in [-0.2, 0) is 10.2 Å². The van der Waals surface area contributed by atoms with Crippen molar-refractivity contribution in [3.63, 3.8) is 0 Å². The summed E-state index contributed by atoms with van der Waals surface area (Å²) in [6, 6.07) is 16.4. The van der Waals surface area contributed by atoms with Crippen molar-refractivity contribution in [1.82, 2.24) is 4.90 Å². The average Bonchev–Trinajstić information content (AvgIpc) is 3.41. The van der Waals surface area contributed by atoms with Crippen molar-refractivity contribution in [3.8, 4) is 0 Å². The second-order valence-electron chi connectivity index (χ2n) is 8.16. The first kappa shape index (κ1) is 17.3. The Morgan fingerprint density at radius 2 is 1.70 bits per heavy atom. The summed E-state index contributed by atoms with van der Waals surface area (Å²) >= 11 is 6.06. The van der Waals surface area contributed by atoms with Crippen molar-refractivity contribution in [2.45, 2.75) is 37.0 Å². The normalized spacial score (nSPS) is 27.2.